The maximum absolute atomic E-state index is 16.0. The van der Waals surface area contributed by atoms with Crippen molar-refractivity contribution in [1.29, 1.82) is 0 Å². The number of anilines is 1. The number of nitrogens with one attached hydrogen (secondary N) is 2. The summed E-state index contributed by atoms with van der Waals surface area (Å²) in [6, 6.07) is 10.9. The number of hydrogen-bond acceptors (Lipinski definition) is 6. The fraction of sp³-hybridized carbons (Fsp3) is 0.464. The molecule has 16 heteroatoms. The van der Waals surface area contributed by atoms with Crippen LogP contribution in [0.15, 0.2) is 36.4 Å². The molecular weight excluding hydrogens is 551 g/mol. The molecule has 0 radical (unpaired) electrons. The third kappa shape index (κ3) is 5.92. The Bertz CT molecular complexity index is 1450. The molecule has 2 aromatic rings. The second-order valence-corrected chi connectivity index (χ2v) is 14.2. The van der Waals surface area contributed by atoms with E-state index in [9.17, 15) is 14.4 Å². The van der Waals surface area contributed by atoms with Crippen molar-refractivity contribution in [2.75, 3.05) is 25.5 Å². The number of fused-ring (bicyclic) bond motifs is 1. The highest BCUT2D eigenvalue weighted by Crippen LogP contribution is 2.45. The highest BCUT2D eigenvalue weighted by atomic mass is 19.1. The lowest BCUT2D eigenvalue weighted by Gasteiger charge is -2.46. The predicted molar refractivity (Wildman–Crippen MR) is 191 cm³/mol. The van der Waals surface area contributed by atoms with Crippen LogP contribution in [0.4, 0.5) is 10.1 Å². The second-order valence-electron chi connectivity index (χ2n) is 14.2. The van der Waals surface area contributed by atoms with Crippen LogP contribution in [0.2, 0.25) is 0 Å². The highest BCUT2D eigenvalue weighted by Gasteiger charge is 2.54. The van der Waals surface area contributed by atoms with Gasteiger partial charge in [0, 0.05) is 48.5 Å². The number of aldehydes is 1. The molecule has 3 atom stereocenters. The normalized spacial score (nSPS) is 21.7. The smallest absolute Gasteiger partial charge is 0.253 e. The van der Waals surface area contributed by atoms with Crippen molar-refractivity contribution in [3.63, 3.8) is 0 Å². The van der Waals surface area contributed by atoms with E-state index in [1.54, 1.807) is 30.9 Å². The predicted octanol–water partition coefficient (Wildman–Crippen LogP) is -4.31. The summed E-state index contributed by atoms with van der Waals surface area (Å²) in [5, 5.41) is 4.08. The molecule has 0 aliphatic carbocycles. The molecule has 0 bridgehead atoms. The van der Waals surface area contributed by atoms with Gasteiger partial charge in [0.25, 0.3) is 5.91 Å². The number of carbonyl (C=O) groups is 3. The molecule has 4 rings (SSSR count). The Morgan fingerprint density at radius 2 is 1.75 bits per heavy atom. The van der Waals surface area contributed by atoms with Gasteiger partial charge < -0.3 is 30.0 Å². The Hall–Kier alpha value is -2.85. The topological polar surface area (TPSA) is 91.0 Å². The van der Waals surface area contributed by atoms with Crippen molar-refractivity contribution in [2.24, 2.45) is 0 Å². The Labute approximate surface area is 267 Å². The van der Waals surface area contributed by atoms with Crippen molar-refractivity contribution in [1.82, 2.24) is 15.1 Å². The largest absolute Gasteiger partial charge is 0.391 e. The molecule has 8 nitrogen and oxygen atoms in total. The van der Waals surface area contributed by atoms with Gasteiger partial charge in [-0.3, -0.25) is 9.59 Å². The van der Waals surface area contributed by atoms with E-state index in [0.29, 0.717) is 16.8 Å². The molecule has 1 saturated heterocycles. The monoisotopic (exact) mass is 594 g/mol. The summed E-state index contributed by atoms with van der Waals surface area (Å²) in [6.45, 7) is 5.67. The molecular formula is C28H42B7FN4O4. The fourth-order valence-electron chi connectivity index (χ4n) is 7.38. The van der Waals surface area contributed by atoms with E-state index in [1.807, 2.05) is 49.6 Å². The third-order valence-electron chi connectivity index (χ3n) is 9.63. The molecule has 3 unspecified atom stereocenters. The number of hydrogen-bond donors (Lipinski definition) is 2. The van der Waals surface area contributed by atoms with Gasteiger partial charge in [-0.05, 0) is 60.5 Å². The van der Waals surface area contributed by atoms with Crippen LogP contribution in [-0.4, -0.2) is 121 Å². The molecule has 0 aromatic heterocycles. The van der Waals surface area contributed by atoms with E-state index in [2.05, 4.69) is 45.1 Å². The van der Waals surface area contributed by atoms with Crippen LogP contribution in [-0.2, 0) is 30.3 Å². The van der Waals surface area contributed by atoms with Gasteiger partial charge in [0.1, 0.15) is 67.0 Å². The summed E-state index contributed by atoms with van der Waals surface area (Å²) < 4.78 is 22.0. The molecule has 2 amide bonds. The van der Waals surface area contributed by atoms with Gasteiger partial charge in [-0.2, -0.15) is 0 Å². The fourth-order valence-corrected chi connectivity index (χ4v) is 7.38. The van der Waals surface area contributed by atoms with Crippen molar-refractivity contribution in [3.05, 3.63) is 64.5 Å². The Kier molecular flexibility index (Phi) is 9.41. The third-order valence-corrected chi connectivity index (χ3v) is 9.63. The number of likely N-dealkylation sites (N-methyl/N-ethyl adjacent to an activating group) is 1. The molecule has 0 saturated carbocycles. The van der Waals surface area contributed by atoms with Crippen molar-refractivity contribution in [3.8, 4) is 0 Å². The summed E-state index contributed by atoms with van der Waals surface area (Å²) in [5.74, 6) is -0.935. The van der Waals surface area contributed by atoms with Crippen LogP contribution >= 0.6 is 0 Å². The molecule has 226 valence electrons. The van der Waals surface area contributed by atoms with Crippen LogP contribution in [0.3, 0.4) is 0 Å². The van der Waals surface area contributed by atoms with Gasteiger partial charge >= 0.3 is 0 Å². The molecule has 2 aromatic carbocycles. The van der Waals surface area contributed by atoms with Crippen LogP contribution in [0.5, 0.6) is 0 Å². The van der Waals surface area contributed by atoms with Crippen LogP contribution in [0, 0.1) is 5.82 Å². The number of ether oxygens (including phenoxy) is 1. The zero-order valence-electron chi connectivity index (χ0n) is 27.9. The molecule has 2 N–H and O–H groups in total. The van der Waals surface area contributed by atoms with Crippen molar-refractivity contribution < 1.29 is 23.5 Å². The Balaban J connectivity index is 1.69. The lowest BCUT2D eigenvalue weighted by Crippen LogP contribution is -2.65. The number of morpholine rings is 1. The van der Waals surface area contributed by atoms with Crippen LogP contribution in [0.1, 0.15) is 53.7 Å². The van der Waals surface area contributed by atoms with E-state index in [0.717, 1.165) is 30.5 Å². The van der Waals surface area contributed by atoms with Gasteiger partial charge in [-0.15, -0.1) is 0 Å². The lowest BCUT2D eigenvalue weighted by molar-refractivity contribution is -0.128. The van der Waals surface area contributed by atoms with E-state index in [4.69, 9.17) is 4.74 Å². The first kappa shape index (κ1) is 34.0. The zero-order chi connectivity index (χ0) is 32.8. The maximum atomic E-state index is 16.0. The van der Waals surface area contributed by atoms with Gasteiger partial charge in [-0.25, -0.2) is 4.39 Å². The summed E-state index contributed by atoms with van der Waals surface area (Å²) >= 11 is 0. The van der Waals surface area contributed by atoms with E-state index < -0.39 is 21.5 Å². The second kappa shape index (κ2) is 12.2. The molecule has 2 aliphatic rings. The van der Waals surface area contributed by atoms with Crippen molar-refractivity contribution in [2.45, 2.75) is 60.3 Å². The van der Waals surface area contributed by atoms with Gasteiger partial charge in [0.2, 0.25) is 5.91 Å². The first-order valence-corrected chi connectivity index (χ1v) is 15.5. The molecule has 1 fully saturated rings. The molecule has 2 aliphatic heterocycles. The number of halogens is 1. The summed E-state index contributed by atoms with van der Waals surface area (Å²) in [4.78, 5) is 42.4. The number of carbonyl (C=O) groups excluding carboxylic acids is 3. The summed E-state index contributed by atoms with van der Waals surface area (Å²) in [7, 11) is 15.1. The van der Waals surface area contributed by atoms with Gasteiger partial charge in [0.05, 0.1) is 17.6 Å². The quantitative estimate of drug-likeness (QED) is 0.214. The van der Waals surface area contributed by atoms with E-state index in [-0.39, 0.29) is 42.7 Å². The first-order chi connectivity index (χ1) is 20.4. The highest BCUT2D eigenvalue weighted by molar-refractivity contribution is 6.46. The molecule has 44 heavy (non-hydrogen) atoms. The Morgan fingerprint density at radius 3 is 2.32 bits per heavy atom. The zero-order valence-corrected chi connectivity index (χ0v) is 27.9. The minimum absolute atomic E-state index is 0.101. The van der Waals surface area contributed by atoms with E-state index in [1.165, 1.54) is 7.05 Å². The molecule has 2 heterocycles. The standard InChI is InChI=1S/C28H42B7FN4O4/c1-15-13-39(14-16(2)44-15)27(32,33)17-8-9-19(20(36)12-17)26(30,31)38-21-7-4-6-18-22(21)28(34,35)40(23(18)42)25(29,10-5-11-41)24(43)37-3/h4,6-9,11-12,15-16,38H,5,10,13-14,29-35H2,1-3H3,(H,37,43). The minimum Gasteiger partial charge on any atom is -0.391 e. The molecule has 0 spiro atoms. The minimum atomic E-state index is -1.26. The summed E-state index contributed by atoms with van der Waals surface area (Å²) in [5.41, 5.74) is 2.02. The SMILES string of the molecule is BC(B)(Nc1cccc2c1C(B)(B)N(C(B)(CCC=O)C(=O)NC)C2=O)c1ccc(C(B)(B)N2CC(C)OC(C)C2)cc1F. The van der Waals surface area contributed by atoms with Crippen molar-refractivity contribution >= 4 is 78.7 Å². The summed E-state index contributed by atoms with van der Waals surface area (Å²) in [6.07, 6.45) is 1.28. The Morgan fingerprint density at radius 1 is 1.11 bits per heavy atom. The average molecular weight is 593 g/mol. The number of amides is 2. The van der Waals surface area contributed by atoms with Crippen LogP contribution < -0.4 is 10.6 Å². The van der Waals surface area contributed by atoms with Crippen LogP contribution in [0.25, 0.3) is 0 Å². The number of nitrogens with zero attached hydrogens (tertiary/aromatic N) is 2. The average Bonchev–Trinajstić information content (AvgIpc) is 3.15. The van der Waals surface area contributed by atoms with Gasteiger partial charge in [-0.1, -0.05) is 18.2 Å². The van der Waals surface area contributed by atoms with E-state index >= 15 is 4.39 Å². The number of benzene rings is 2. The number of rotatable bonds is 10. The first-order valence-electron chi connectivity index (χ1n) is 15.5. The lowest BCUT2D eigenvalue weighted by atomic mass is 9.53. The maximum Gasteiger partial charge on any atom is 0.253 e. The van der Waals surface area contributed by atoms with Gasteiger partial charge in [0.15, 0.2) is 0 Å².